The second kappa shape index (κ2) is 4.70. The van der Waals surface area contributed by atoms with Crippen LogP contribution in [0.25, 0.3) is 11.0 Å². The topological polar surface area (TPSA) is 117 Å². The SMILES string of the molecule is Cn1ncc2c(NN)nc(Cn3cccnc3=O)nc21. The molecule has 0 aromatic carbocycles. The first-order valence-electron chi connectivity index (χ1n) is 5.85. The lowest BCUT2D eigenvalue weighted by molar-refractivity contribution is 0.689. The molecule has 0 atom stereocenters. The van der Waals surface area contributed by atoms with Crippen molar-refractivity contribution in [2.75, 3.05) is 5.43 Å². The molecule has 0 bridgehead atoms. The third-order valence-electron chi connectivity index (χ3n) is 2.87. The molecular weight excluding hydrogens is 260 g/mol. The Bertz CT molecular complexity index is 821. The summed E-state index contributed by atoms with van der Waals surface area (Å²) in [6.07, 6.45) is 4.70. The van der Waals surface area contributed by atoms with E-state index in [-0.39, 0.29) is 12.2 Å². The number of fused-ring (bicyclic) bond motifs is 1. The summed E-state index contributed by atoms with van der Waals surface area (Å²) >= 11 is 0. The van der Waals surface area contributed by atoms with Crippen LogP contribution in [0.3, 0.4) is 0 Å². The molecule has 0 saturated heterocycles. The van der Waals surface area contributed by atoms with Gasteiger partial charge in [-0.2, -0.15) is 5.10 Å². The summed E-state index contributed by atoms with van der Waals surface area (Å²) in [6.45, 7) is 0.211. The zero-order valence-electron chi connectivity index (χ0n) is 10.7. The maximum atomic E-state index is 11.6. The Hall–Kier alpha value is -2.81. The molecule has 0 radical (unpaired) electrons. The molecule has 3 N–H and O–H groups in total. The van der Waals surface area contributed by atoms with Gasteiger partial charge >= 0.3 is 5.69 Å². The molecule has 9 heteroatoms. The molecule has 3 aromatic rings. The number of nitrogens with zero attached hydrogens (tertiary/aromatic N) is 6. The number of hydrogen-bond acceptors (Lipinski definition) is 7. The van der Waals surface area contributed by atoms with Crippen molar-refractivity contribution in [1.82, 2.24) is 29.3 Å². The molecule has 0 amide bonds. The Morgan fingerprint density at radius 1 is 1.40 bits per heavy atom. The summed E-state index contributed by atoms with van der Waals surface area (Å²) in [4.78, 5) is 23.9. The van der Waals surface area contributed by atoms with Crippen molar-refractivity contribution in [2.24, 2.45) is 12.9 Å². The molecule has 0 unspecified atom stereocenters. The van der Waals surface area contributed by atoms with Crippen LogP contribution >= 0.6 is 0 Å². The Labute approximate surface area is 113 Å². The van der Waals surface area contributed by atoms with Gasteiger partial charge in [0, 0.05) is 19.4 Å². The fourth-order valence-electron chi connectivity index (χ4n) is 1.91. The first kappa shape index (κ1) is 12.2. The zero-order valence-corrected chi connectivity index (χ0v) is 10.7. The van der Waals surface area contributed by atoms with Gasteiger partial charge in [0.2, 0.25) is 0 Å². The van der Waals surface area contributed by atoms with Gasteiger partial charge in [-0.1, -0.05) is 0 Å². The fraction of sp³-hybridized carbons (Fsp3) is 0.182. The highest BCUT2D eigenvalue weighted by Gasteiger charge is 2.11. The fourth-order valence-corrected chi connectivity index (χ4v) is 1.91. The first-order chi connectivity index (χ1) is 9.69. The number of nitrogens with two attached hydrogens (primary N) is 1. The molecule has 0 spiro atoms. The third kappa shape index (κ3) is 1.99. The standard InChI is InChI=1S/C11H12N8O/c1-18-10-7(5-14-18)9(17-12)15-8(16-10)6-19-4-2-3-13-11(19)20/h2-5H,6,12H2,1H3,(H,15,16,17). The molecule has 0 fully saturated rings. The number of anilines is 1. The molecule has 102 valence electrons. The normalized spacial score (nSPS) is 10.9. The van der Waals surface area contributed by atoms with Crippen molar-refractivity contribution >= 4 is 16.9 Å². The molecule has 9 nitrogen and oxygen atoms in total. The van der Waals surface area contributed by atoms with Gasteiger partial charge in [-0.3, -0.25) is 9.25 Å². The van der Waals surface area contributed by atoms with E-state index in [4.69, 9.17) is 5.84 Å². The molecule has 3 aromatic heterocycles. The Balaban J connectivity index is 2.10. The number of aromatic nitrogens is 6. The lowest BCUT2D eigenvalue weighted by Gasteiger charge is -2.07. The maximum absolute atomic E-state index is 11.6. The van der Waals surface area contributed by atoms with Gasteiger partial charge in [-0.05, 0) is 6.07 Å². The van der Waals surface area contributed by atoms with E-state index >= 15 is 0 Å². The number of rotatable bonds is 3. The van der Waals surface area contributed by atoms with Gasteiger partial charge < -0.3 is 5.43 Å². The Morgan fingerprint density at radius 2 is 2.25 bits per heavy atom. The van der Waals surface area contributed by atoms with Gasteiger partial charge in [0.1, 0.15) is 0 Å². The Kier molecular flexibility index (Phi) is 2.88. The minimum absolute atomic E-state index is 0.211. The van der Waals surface area contributed by atoms with E-state index in [9.17, 15) is 4.79 Å². The largest absolute Gasteiger partial charge is 0.347 e. The third-order valence-corrected chi connectivity index (χ3v) is 2.87. The van der Waals surface area contributed by atoms with Crippen molar-refractivity contribution in [2.45, 2.75) is 6.54 Å². The highest BCUT2D eigenvalue weighted by atomic mass is 16.1. The van der Waals surface area contributed by atoms with Crippen molar-refractivity contribution in [3.8, 4) is 0 Å². The van der Waals surface area contributed by atoms with E-state index in [2.05, 4.69) is 25.5 Å². The van der Waals surface area contributed by atoms with E-state index < -0.39 is 0 Å². The molecule has 3 heterocycles. The Morgan fingerprint density at radius 3 is 3.00 bits per heavy atom. The van der Waals surface area contributed by atoms with Crippen LogP contribution in [0.1, 0.15) is 5.82 Å². The minimum atomic E-state index is -0.358. The number of hydrazine groups is 1. The van der Waals surface area contributed by atoms with E-state index in [0.29, 0.717) is 17.3 Å². The second-order valence-electron chi connectivity index (χ2n) is 4.17. The van der Waals surface area contributed by atoms with Crippen LogP contribution in [0.4, 0.5) is 5.82 Å². The summed E-state index contributed by atoms with van der Waals surface area (Å²) in [5.41, 5.74) is 2.80. The summed E-state index contributed by atoms with van der Waals surface area (Å²) in [5.74, 6) is 6.38. The maximum Gasteiger partial charge on any atom is 0.347 e. The van der Waals surface area contributed by atoms with Crippen LogP contribution in [0, 0.1) is 0 Å². The molecule has 0 aliphatic rings. The minimum Gasteiger partial charge on any atom is -0.308 e. The number of nitrogens with one attached hydrogen (secondary N) is 1. The molecule has 3 rings (SSSR count). The van der Waals surface area contributed by atoms with Crippen molar-refractivity contribution < 1.29 is 0 Å². The molecule has 0 aliphatic carbocycles. The van der Waals surface area contributed by atoms with Crippen molar-refractivity contribution in [3.63, 3.8) is 0 Å². The monoisotopic (exact) mass is 272 g/mol. The van der Waals surface area contributed by atoms with E-state index in [1.807, 2.05) is 0 Å². The summed E-state index contributed by atoms with van der Waals surface area (Å²) in [5, 5.41) is 4.83. The van der Waals surface area contributed by atoms with Crippen LogP contribution < -0.4 is 17.0 Å². The van der Waals surface area contributed by atoms with Crippen LogP contribution in [-0.2, 0) is 13.6 Å². The molecule has 0 aliphatic heterocycles. The molecule has 20 heavy (non-hydrogen) atoms. The average Bonchev–Trinajstić information content (AvgIpc) is 2.82. The van der Waals surface area contributed by atoms with Crippen molar-refractivity contribution in [3.05, 3.63) is 41.0 Å². The van der Waals surface area contributed by atoms with E-state index in [1.54, 1.807) is 30.2 Å². The smallest absolute Gasteiger partial charge is 0.308 e. The van der Waals surface area contributed by atoms with Crippen LogP contribution in [0.15, 0.2) is 29.5 Å². The zero-order chi connectivity index (χ0) is 14.1. The van der Waals surface area contributed by atoms with Crippen LogP contribution in [-0.4, -0.2) is 29.3 Å². The average molecular weight is 272 g/mol. The van der Waals surface area contributed by atoms with Crippen LogP contribution in [0.2, 0.25) is 0 Å². The summed E-state index contributed by atoms with van der Waals surface area (Å²) < 4.78 is 3.03. The predicted octanol–water partition coefficient (Wildman–Crippen LogP) is -0.746. The predicted molar refractivity (Wildman–Crippen MR) is 71.7 cm³/mol. The first-order valence-corrected chi connectivity index (χ1v) is 5.85. The van der Waals surface area contributed by atoms with E-state index in [0.717, 1.165) is 5.39 Å². The number of aryl methyl sites for hydroxylation is 1. The second-order valence-corrected chi connectivity index (χ2v) is 4.17. The lowest BCUT2D eigenvalue weighted by atomic mass is 10.4. The quantitative estimate of drug-likeness (QED) is 0.476. The van der Waals surface area contributed by atoms with Gasteiger partial charge in [0.15, 0.2) is 17.3 Å². The van der Waals surface area contributed by atoms with E-state index in [1.165, 1.54) is 10.8 Å². The summed E-state index contributed by atoms with van der Waals surface area (Å²) in [7, 11) is 1.77. The summed E-state index contributed by atoms with van der Waals surface area (Å²) in [6, 6.07) is 1.67. The molecule has 0 saturated carbocycles. The lowest BCUT2D eigenvalue weighted by Crippen LogP contribution is -2.23. The molecular formula is C11H12N8O. The van der Waals surface area contributed by atoms with Gasteiger partial charge in [0.05, 0.1) is 18.1 Å². The number of nitrogen functional groups attached to an aromatic ring is 1. The van der Waals surface area contributed by atoms with Gasteiger partial charge in [-0.25, -0.2) is 25.6 Å². The van der Waals surface area contributed by atoms with Crippen molar-refractivity contribution in [1.29, 1.82) is 0 Å². The highest BCUT2D eigenvalue weighted by molar-refractivity contribution is 5.86. The van der Waals surface area contributed by atoms with Crippen LogP contribution in [0.5, 0.6) is 0 Å². The highest BCUT2D eigenvalue weighted by Crippen LogP contribution is 2.18. The number of hydrogen-bond donors (Lipinski definition) is 2. The van der Waals surface area contributed by atoms with Gasteiger partial charge in [-0.15, -0.1) is 0 Å². The van der Waals surface area contributed by atoms with Gasteiger partial charge in [0.25, 0.3) is 0 Å².